The van der Waals surface area contributed by atoms with Crippen LogP contribution in [0.3, 0.4) is 0 Å². The molecule has 1 aliphatic heterocycles. The van der Waals surface area contributed by atoms with Gasteiger partial charge >= 0.3 is 0 Å². The molecular formula is C27H27N7O2. The van der Waals surface area contributed by atoms with Gasteiger partial charge in [-0.05, 0) is 73.9 Å². The van der Waals surface area contributed by atoms with Crippen LogP contribution in [0.15, 0.2) is 73.4 Å². The molecule has 1 atom stereocenters. The maximum absolute atomic E-state index is 13.3. The lowest BCUT2D eigenvalue weighted by atomic mass is 9.98. The van der Waals surface area contributed by atoms with E-state index in [0.717, 1.165) is 16.8 Å². The Hall–Kier alpha value is -4.40. The van der Waals surface area contributed by atoms with Gasteiger partial charge in [0.15, 0.2) is 5.82 Å². The lowest BCUT2D eigenvalue weighted by molar-refractivity contribution is 0.0952. The van der Waals surface area contributed by atoms with Gasteiger partial charge in [-0.25, -0.2) is 4.98 Å². The van der Waals surface area contributed by atoms with Crippen molar-refractivity contribution in [1.29, 1.82) is 0 Å². The Morgan fingerprint density at radius 3 is 2.61 bits per heavy atom. The third kappa shape index (κ3) is 4.72. The molecule has 0 spiro atoms. The van der Waals surface area contributed by atoms with Gasteiger partial charge in [0.2, 0.25) is 0 Å². The molecule has 9 nitrogen and oxygen atoms in total. The first-order valence-corrected chi connectivity index (χ1v) is 12.0. The van der Waals surface area contributed by atoms with Gasteiger partial charge in [-0.15, -0.1) is 0 Å². The first kappa shape index (κ1) is 23.3. The molecule has 0 bridgehead atoms. The molecule has 2 amide bonds. The number of pyridine rings is 2. The molecule has 5 rings (SSSR count). The summed E-state index contributed by atoms with van der Waals surface area (Å²) >= 11 is 0. The zero-order valence-corrected chi connectivity index (χ0v) is 20.2. The fourth-order valence-corrected chi connectivity index (χ4v) is 4.31. The van der Waals surface area contributed by atoms with Crippen molar-refractivity contribution in [3.63, 3.8) is 0 Å². The molecule has 182 valence electrons. The summed E-state index contributed by atoms with van der Waals surface area (Å²) in [5, 5.41) is 7.65. The van der Waals surface area contributed by atoms with E-state index in [9.17, 15) is 9.59 Å². The van der Waals surface area contributed by atoms with Crippen molar-refractivity contribution in [2.24, 2.45) is 0 Å². The van der Waals surface area contributed by atoms with Crippen LogP contribution in [-0.2, 0) is 6.42 Å². The Morgan fingerprint density at radius 2 is 1.89 bits per heavy atom. The van der Waals surface area contributed by atoms with Crippen molar-refractivity contribution < 1.29 is 9.59 Å². The molecular weight excluding hydrogens is 454 g/mol. The fraction of sp³-hybridized carbons (Fsp3) is 0.259. The third-order valence-electron chi connectivity index (χ3n) is 6.27. The Morgan fingerprint density at radius 1 is 1.06 bits per heavy atom. The van der Waals surface area contributed by atoms with E-state index in [-0.39, 0.29) is 23.8 Å². The number of fused-ring (bicyclic) bond motifs is 1. The van der Waals surface area contributed by atoms with Crippen molar-refractivity contribution >= 4 is 17.5 Å². The quantitative estimate of drug-likeness (QED) is 0.434. The molecule has 0 radical (unpaired) electrons. The van der Waals surface area contributed by atoms with Crippen LogP contribution in [0.25, 0.3) is 0 Å². The normalized spacial score (nSPS) is 14.6. The summed E-state index contributed by atoms with van der Waals surface area (Å²) in [5.74, 6) is 0.00622. The average Bonchev–Trinajstić information content (AvgIpc) is 3.54. The van der Waals surface area contributed by atoms with Crippen molar-refractivity contribution in [1.82, 2.24) is 30.0 Å². The number of benzene rings is 1. The molecule has 4 heterocycles. The highest BCUT2D eigenvalue weighted by Gasteiger charge is 2.37. The lowest BCUT2D eigenvalue weighted by Crippen LogP contribution is -2.30. The summed E-state index contributed by atoms with van der Waals surface area (Å²) in [5.41, 5.74) is 3.59. The molecule has 0 aliphatic carbocycles. The SMILES string of the molecule is CC(C)n1cnc([C@@H]2CN(C(=O)c3ccccn3)c3ccc(C(=O)NCCc4ccncc4)cc32)n1. The molecule has 3 aromatic heterocycles. The summed E-state index contributed by atoms with van der Waals surface area (Å²) in [6, 6.07) is 14.7. The highest BCUT2D eigenvalue weighted by Crippen LogP contribution is 2.40. The van der Waals surface area contributed by atoms with Gasteiger partial charge in [0.1, 0.15) is 12.0 Å². The number of nitrogens with one attached hydrogen (secondary N) is 1. The first-order valence-electron chi connectivity index (χ1n) is 12.0. The van der Waals surface area contributed by atoms with Crippen LogP contribution in [0.1, 0.15) is 63.6 Å². The number of aromatic nitrogens is 5. The second-order valence-electron chi connectivity index (χ2n) is 8.99. The van der Waals surface area contributed by atoms with Gasteiger partial charge < -0.3 is 10.2 Å². The van der Waals surface area contributed by atoms with Crippen LogP contribution >= 0.6 is 0 Å². The van der Waals surface area contributed by atoms with Crippen LogP contribution in [0.2, 0.25) is 0 Å². The number of carbonyl (C=O) groups excluding carboxylic acids is 2. The second-order valence-corrected chi connectivity index (χ2v) is 8.99. The highest BCUT2D eigenvalue weighted by molar-refractivity contribution is 6.07. The standard InChI is InChI=1S/C27H27N7O2/c1-18(2)34-17-31-25(32-34)22-16-33(27(36)23-5-3-4-11-29-23)24-7-6-20(15-21(22)24)26(35)30-14-10-19-8-12-28-13-9-19/h3-9,11-13,15,17-18,22H,10,14,16H2,1-2H3,(H,30,35)/t22-/m1/s1. The van der Waals surface area contributed by atoms with Crippen LogP contribution in [0, 0.1) is 0 Å². The van der Waals surface area contributed by atoms with Crippen molar-refractivity contribution in [3.05, 3.63) is 102 Å². The minimum absolute atomic E-state index is 0.163. The van der Waals surface area contributed by atoms with E-state index in [4.69, 9.17) is 0 Å². The molecule has 1 aliphatic rings. The van der Waals surface area contributed by atoms with E-state index in [0.29, 0.717) is 36.6 Å². The topological polar surface area (TPSA) is 106 Å². The van der Waals surface area contributed by atoms with E-state index in [1.807, 2.05) is 38.1 Å². The molecule has 1 N–H and O–H groups in total. The Kier molecular flexibility index (Phi) is 6.53. The Bertz CT molecular complexity index is 1370. The number of amides is 2. The fourth-order valence-electron chi connectivity index (χ4n) is 4.31. The Balaban J connectivity index is 1.42. The van der Waals surface area contributed by atoms with E-state index in [1.165, 1.54) is 0 Å². The van der Waals surface area contributed by atoms with Crippen LogP contribution < -0.4 is 10.2 Å². The van der Waals surface area contributed by atoms with Gasteiger partial charge in [-0.2, -0.15) is 5.10 Å². The van der Waals surface area contributed by atoms with E-state index in [1.54, 1.807) is 58.8 Å². The molecule has 4 aromatic rings. The summed E-state index contributed by atoms with van der Waals surface area (Å²) in [4.78, 5) is 40.8. The van der Waals surface area contributed by atoms with Gasteiger partial charge in [0.25, 0.3) is 11.8 Å². The number of hydrogen-bond acceptors (Lipinski definition) is 6. The van der Waals surface area contributed by atoms with Crippen LogP contribution in [-0.4, -0.2) is 49.6 Å². The third-order valence-corrected chi connectivity index (χ3v) is 6.27. The summed E-state index contributed by atoms with van der Waals surface area (Å²) < 4.78 is 1.80. The number of nitrogens with zero attached hydrogens (tertiary/aromatic N) is 6. The predicted octanol–water partition coefficient (Wildman–Crippen LogP) is 3.41. The maximum atomic E-state index is 13.3. The van der Waals surface area contributed by atoms with Gasteiger partial charge in [-0.3, -0.25) is 24.2 Å². The van der Waals surface area contributed by atoms with Crippen LogP contribution in [0.4, 0.5) is 5.69 Å². The summed E-state index contributed by atoms with van der Waals surface area (Å²) in [7, 11) is 0. The molecule has 36 heavy (non-hydrogen) atoms. The first-order chi connectivity index (χ1) is 17.5. The minimum Gasteiger partial charge on any atom is -0.352 e. The largest absolute Gasteiger partial charge is 0.352 e. The second kappa shape index (κ2) is 10.1. The molecule has 0 fully saturated rings. The zero-order valence-electron chi connectivity index (χ0n) is 20.2. The van der Waals surface area contributed by atoms with Gasteiger partial charge in [0.05, 0.1) is 5.92 Å². The smallest absolute Gasteiger partial charge is 0.276 e. The monoisotopic (exact) mass is 481 g/mol. The summed E-state index contributed by atoms with van der Waals surface area (Å²) in [6.07, 6.45) is 7.51. The van der Waals surface area contributed by atoms with Crippen molar-refractivity contribution in [3.8, 4) is 0 Å². The predicted molar refractivity (Wildman–Crippen MR) is 135 cm³/mol. The van der Waals surface area contributed by atoms with Crippen molar-refractivity contribution in [2.45, 2.75) is 32.2 Å². The lowest BCUT2D eigenvalue weighted by Gasteiger charge is -2.17. The summed E-state index contributed by atoms with van der Waals surface area (Å²) in [6.45, 7) is 4.95. The van der Waals surface area contributed by atoms with Gasteiger partial charge in [-0.1, -0.05) is 6.07 Å². The molecule has 0 unspecified atom stereocenters. The minimum atomic E-state index is -0.253. The van der Waals surface area contributed by atoms with E-state index < -0.39 is 0 Å². The number of hydrogen-bond donors (Lipinski definition) is 1. The number of carbonyl (C=O) groups is 2. The average molecular weight is 482 g/mol. The molecule has 1 aromatic carbocycles. The maximum Gasteiger partial charge on any atom is 0.276 e. The van der Waals surface area contributed by atoms with Crippen molar-refractivity contribution in [2.75, 3.05) is 18.0 Å². The number of rotatable bonds is 7. The number of anilines is 1. The Labute approximate surface area is 209 Å². The molecule has 0 saturated heterocycles. The van der Waals surface area contributed by atoms with E-state index >= 15 is 0 Å². The molecule has 0 saturated carbocycles. The van der Waals surface area contributed by atoms with Gasteiger partial charge in [0, 0.05) is 49.0 Å². The van der Waals surface area contributed by atoms with Crippen LogP contribution in [0.5, 0.6) is 0 Å². The van der Waals surface area contributed by atoms with E-state index in [2.05, 4.69) is 25.4 Å². The molecule has 9 heteroatoms. The zero-order chi connectivity index (χ0) is 25.1. The highest BCUT2D eigenvalue weighted by atomic mass is 16.2.